The molecule has 0 aromatic heterocycles. The Hall–Kier alpha value is -1.59. The molecular weight excluding hydrogens is 290 g/mol. The standard InChI is InChI=1S/C15H20ClN3O2/c1-2-15(6-3-7-18-9-15)14(21)19-10-4-5-11(13(17)20)12(16)8-10/h4-5,8,18H,2-3,6-7,9H2,1H3,(H2,17,20)(H,19,21). The molecule has 1 aliphatic heterocycles. The number of carbonyl (C=O) groups is 2. The molecule has 1 fully saturated rings. The SMILES string of the molecule is CCC1(C(=O)Nc2ccc(C(N)=O)c(Cl)c2)CCCNC1. The van der Waals surface area contributed by atoms with Gasteiger partial charge in [0.15, 0.2) is 0 Å². The van der Waals surface area contributed by atoms with E-state index in [1.54, 1.807) is 12.1 Å². The molecule has 6 heteroatoms. The number of amides is 2. The molecule has 0 radical (unpaired) electrons. The molecule has 1 heterocycles. The fourth-order valence-electron chi connectivity index (χ4n) is 2.68. The number of benzene rings is 1. The first kappa shape index (κ1) is 15.8. The molecule has 2 amide bonds. The largest absolute Gasteiger partial charge is 0.366 e. The quantitative estimate of drug-likeness (QED) is 0.797. The highest BCUT2D eigenvalue weighted by molar-refractivity contribution is 6.34. The highest BCUT2D eigenvalue weighted by atomic mass is 35.5. The maximum Gasteiger partial charge on any atom is 0.250 e. The van der Waals surface area contributed by atoms with E-state index in [0.717, 1.165) is 25.8 Å². The second-order valence-electron chi connectivity index (χ2n) is 5.43. The Morgan fingerprint density at radius 3 is 2.76 bits per heavy atom. The first-order valence-electron chi connectivity index (χ1n) is 7.10. The van der Waals surface area contributed by atoms with Crippen LogP contribution >= 0.6 is 11.6 Å². The van der Waals surface area contributed by atoms with Crippen LogP contribution in [0.2, 0.25) is 5.02 Å². The first-order valence-corrected chi connectivity index (χ1v) is 7.48. The predicted octanol–water partition coefficient (Wildman–Crippen LogP) is 2.16. The number of hydrogen-bond donors (Lipinski definition) is 3. The lowest BCUT2D eigenvalue weighted by Crippen LogP contribution is -2.47. The van der Waals surface area contributed by atoms with Crippen LogP contribution in [0.15, 0.2) is 18.2 Å². The van der Waals surface area contributed by atoms with Crippen molar-refractivity contribution in [3.8, 4) is 0 Å². The van der Waals surface area contributed by atoms with E-state index in [4.69, 9.17) is 17.3 Å². The minimum absolute atomic E-state index is 0.0138. The number of halogens is 1. The van der Waals surface area contributed by atoms with Crippen molar-refractivity contribution in [3.05, 3.63) is 28.8 Å². The Labute approximate surface area is 129 Å². The molecule has 0 spiro atoms. The molecule has 1 aromatic rings. The molecule has 1 atom stereocenters. The Bertz CT molecular complexity index is 554. The molecule has 21 heavy (non-hydrogen) atoms. The van der Waals surface area contributed by atoms with Crippen molar-refractivity contribution in [1.29, 1.82) is 0 Å². The third kappa shape index (κ3) is 3.36. The third-order valence-electron chi connectivity index (χ3n) is 4.12. The summed E-state index contributed by atoms with van der Waals surface area (Å²) in [4.78, 5) is 23.7. The van der Waals surface area contributed by atoms with Crippen LogP contribution in [0.5, 0.6) is 0 Å². The number of hydrogen-bond acceptors (Lipinski definition) is 3. The molecule has 2 rings (SSSR count). The minimum atomic E-state index is -0.584. The van der Waals surface area contributed by atoms with E-state index in [1.807, 2.05) is 6.92 Å². The van der Waals surface area contributed by atoms with E-state index >= 15 is 0 Å². The van der Waals surface area contributed by atoms with Crippen LogP contribution in [0.3, 0.4) is 0 Å². The summed E-state index contributed by atoms with van der Waals surface area (Å²) < 4.78 is 0. The van der Waals surface area contributed by atoms with Crippen LogP contribution in [-0.2, 0) is 4.79 Å². The zero-order valence-electron chi connectivity index (χ0n) is 12.0. The van der Waals surface area contributed by atoms with Gasteiger partial charge in [0, 0.05) is 12.2 Å². The van der Waals surface area contributed by atoms with Gasteiger partial charge in [-0.3, -0.25) is 9.59 Å². The number of anilines is 1. The Kier molecular flexibility index (Phi) is 4.85. The normalized spacial score (nSPS) is 21.8. The van der Waals surface area contributed by atoms with E-state index < -0.39 is 5.91 Å². The van der Waals surface area contributed by atoms with Gasteiger partial charge in [-0.1, -0.05) is 18.5 Å². The summed E-state index contributed by atoms with van der Waals surface area (Å²) in [5, 5.41) is 6.42. The summed E-state index contributed by atoms with van der Waals surface area (Å²) in [6, 6.07) is 4.72. The van der Waals surface area contributed by atoms with Crippen molar-refractivity contribution >= 4 is 29.1 Å². The maximum absolute atomic E-state index is 12.6. The number of primary amides is 1. The first-order chi connectivity index (χ1) is 9.98. The number of nitrogens with one attached hydrogen (secondary N) is 2. The number of nitrogens with two attached hydrogens (primary N) is 1. The predicted molar refractivity (Wildman–Crippen MR) is 83.4 cm³/mol. The fraction of sp³-hybridized carbons (Fsp3) is 0.467. The average Bonchev–Trinajstić information content (AvgIpc) is 2.47. The maximum atomic E-state index is 12.6. The van der Waals surface area contributed by atoms with Crippen LogP contribution in [0.4, 0.5) is 5.69 Å². The lowest BCUT2D eigenvalue weighted by Gasteiger charge is -2.35. The van der Waals surface area contributed by atoms with E-state index in [-0.39, 0.29) is 21.9 Å². The highest BCUT2D eigenvalue weighted by Gasteiger charge is 2.37. The van der Waals surface area contributed by atoms with Gasteiger partial charge in [0.05, 0.1) is 16.0 Å². The lowest BCUT2D eigenvalue weighted by atomic mass is 9.77. The monoisotopic (exact) mass is 309 g/mol. The lowest BCUT2D eigenvalue weighted by molar-refractivity contribution is -0.126. The molecule has 1 aliphatic rings. The fourth-order valence-corrected chi connectivity index (χ4v) is 2.95. The van der Waals surface area contributed by atoms with Gasteiger partial charge in [-0.2, -0.15) is 0 Å². The molecule has 1 aromatic carbocycles. The van der Waals surface area contributed by atoms with Crippen LogP contribution < -0.4 is 16.4 Å². The minimum Gasteiger partial charge on any atom is -0.366 e. The van der Waals surface area contributed by atoms with Gasteiger partial charge in [0.1, 0.15) is 0 Å². The van der Waals surface area contributed by atoms with Gasteiger partial charge in [-0.15, -0.1) is 0 Å². The van der Waals surface area contributed by atoms with Gasteiger partial charge < -0.3 is 16.4 Å². The molecule has 1 unspecified atom stereocenters. The topological polar surface area (TPSA) is 84.2 Å². The molecule has 5 nitrogen and oxygen atoms in total. The van der Waals surface area contributed by atoms with Gasteiger partial charge >= 0.3 is 0 Å². The van der Waals surface area contributed by atoms with Crippen molar-refractivity contribution in [1.82, 2.24) is 5.32 Å². The van der Waals surface area contributed by atoms with Gasteiger partial charge in [0.25, 0.3) is 0 Å². The van der Waals surface area contributed by atoms with E-state index in [9.17, 15) is 9.59 Å². The van der Waals surface area contributed by atoms with Gasteiger partial charge in [-0.05, 0) is 44.0 Å². The zero-order chi connectivity index (χ0) is 15.5. The second-order valence-corrected chi connectivity index (χ2v) is 5.83. The van der Waals surface area contributed by atoms with Crippen molar-refractivity contribution in [2.75, 3.05) is 18.4 Å². The number of carbonyl (C=O) groups excluding carboxylic acids is 2. The summed E-state index contributed by atoms with van der Waals surface area (Å²) in [5.74, 6) is -0.598. The number of piperidine rings is 1. The Balaban J connectivity index is 2.15. The van der Waals surface area contributed by atoms with Crippen LogP contribution in [0.1, 0.15) is 36.5 Å². The summed E-state index contributed by atoms with van der Waals surface area (Å²) in [6.07, 6.45) is 2.64. The zero-order valence-corrected chi connectivity index (χ0v) is 12.8. The van der Waals surface area contributed by atoms with Crippen LogP contribution in [-0.4, -0.2) is 24.9 Å². The van der Waals surface area contributed by atoms with Crippen molar-refractivity contribution in [2.24, 2.45) is 11.1 Å². The van der Waals surface area contributed by atoms with Crippen LogP contribution in [0.25, 0.3) is 0 Å². The summed E-state index contributed by atoms with van der Waals surface area (Å²) in [5.41, 5.74) is 5.65. The molecular formula is C15H20ClN3O2. The third-order valence-corrected chi connectivity index (χ3v) is 4.44. The molecule has 0 aliphatic carbocycles. The summed E-state index contributed by atoms with van der Waals surface area (Å²) in [7, 11) is 0. The molecule has 1 saturated heterocycles. The van der Waals surface area contributed by atoms with Crippen molar-refractivity contribution < 1.29 is 9.59 Å². The van der Waals surface area contributed by atoms with E-state index in [2.05, 4.69) is 10.6 Å². The highest BCUT2D eigenvalue weighted by Crippen LogP contribution is 2.32. The smallest absolute Gasteiger partial charge is 0.250 e. The average molecular weight is 310 g/mol. The van der Waals surface area contributed by atoms with Gasteiger partial charge in [-0.25, -0.2) is 0 Å². The summed E-state index contributed by atoms with van der Waals surface area (Å²) >= 11 is 6.00. The Morgan fingerprint density at radius 2 is 2.24 bits per heavy atom. The van der Waals surface area contributed by atoms with E-state index in [0.29, 0.717) is 12.2 Å². The number of rotatable bonds is 4. The van der Waals surface area contributed by atoms with Crippen molar-refractivity contribution in [2.45, 2.75) is 26.2 Å². The molecule has 4 N–H and O–H groups in total. The van der Waals surface area contributed by atoms with Crippen LogP contribution in [0, 0.1) is 5.41 Å². The molecule has 0 saturated carbocycles. The second kappa shape index (κ2) is 6.45. The Morgan fingerprint density at radius 1 is 1.48 bits per heavy atom. The van der Waals surface area contributed by atoms with Crippen molar-refractivity contribution in [3.63, 3.8) is 0 Å². The summed E-state index contributed by atoms with van der Waals surface area (Å²) in [6.45, 7) is 3.66. The molecule has 114 valence electrons. The molecule has 0 bridgehead atoms. The van der Waals surface area contributed by atoms with E-state index in [1.165, 1.54) is 6.07 Å². The van der Waals surface area contributed by atoms with Gasteiger partial charge in [0.2, 0.25) is 11.8 Å².